The van der Waals surface area contributed by atoms with Crippen LogP contribution in [0.2, 0.25) is 0 Å². The lowest BCUT2D eigenvalue weighted by Gasteiger charge is -2.31. The summed E-state index contributed by atoms with van der Waals surface area (Å²) in [5.41, 5.74) is 6.29. The molecule has 2 aliphatic heterocycles. The maximum atomic E-state index is 6.29. The molecule has 3 rings (SSSR count). The Balaban J connectivity index is 1.70. The van der Waals surface area contributed by atoms with Gasteiger partial charge < -0.3 is 5.73 Å². The monoisotopic (exact) mass is 357 g/mol. The Bertz CT molecular complexity index is 442. The van der Waals surface area contributed by atoms with E-state index in [0.29, 0.717) is 6.04 Å². The van der Waals surface area contributed by atoms with E-state index in [0.717, 1.165) is 6.04 Å². The average molecular weight is 358 g/mol. The minimum atomic E-state index is 0.179. The Labute approximate surface area is 134 Å². The van der Waals surface area contributed by atoms with Gasteiger partial charge in [0.05, 0.1) is 6.04 Å². The molecule has 112 valence electrons. The fraction of sp³-hybridized carbons (Fsp3) is 0.733. The largest absolute Gasteiger partial charge is 0.326 e. The normalized spacial score (nSPS) is 28.1. The van der Waals surface area contributed by atoms with Gasteiger partial charge in [-0.05, 0) is 61.3 Å². The topological polar surface area (TPSA) is 32.5 Å². The molecule has 3 atom stereocenters. The quantitative estimate of drug-likeness (QED) is 0.898. The van der Waals surface area contributed by atoms with Crippen LogP contribution in [0, 0.1) is 0 Å². The van der Waals surface area contributed by atoms with Crippen molar-refractivity contribution in [2.45, 2.75) is 44.3 Å². The van der Waals surface area contributed by atoms with Crippen molar-refractivity contribution in [3.63, 3.8) is 0 Å². The van der Waals surface area contributed by atoms with E-state index in [9.17, 15) is 0 Å². The summed E-state index contributed by atoms with van der Waals surface area (Å²) >= 11 is 5.39. The third-order valence-electron chi connectivity index (χ3n) is 4.62. The van der Waals surface area contributed by atoms with Crippen molar-refractivity contribution >= 4 is 27.3 Å². The Morgan fingerprint density at radius 3 is 2.70 bits per heavy atom. The molecule has 3 nitrogen and oxygen atoms in total. The summed E-state index contributed by atoms with van der Waals surface area (Å²) in [6.45, 7) is 7.10. The highest BCUT2D eigenvalue weighted by atomic mass is 79.9. The number of thiophene rings is 1. The van der Waals surface area contributed by atoms with Crippen LogP contribution in [0.25, 0.3) is 0 Å². The molecule has 0 amide bonds. The van der Waals surface area contributed by atoms with Gasteiger partial charge in [0, 0.05) is 39.9 Å². The fourth-order valence-electron chi connectivity index (χ4n) is 3.68. The molecule has 3 heterocycles. The lowest BCUT2D eigenvalue weighted by Crippen LogP contribution is -2.40. The van der Waals surface area contributed by atoms with Crippen LogP contribution in [0.4, 0.5) is 0 Å². The first kappa shape index (κ1) is 15.0. The van der Waals surface area contributed by atoms with Crippen LogP contribution in [-0.4, -0.2) is 48.1 Å². The van der Waals surface area contributed by atoms with Gasteiger partial charge in [-0.2, -0.15) is 0 Å². The first-order chi connectivity index (χ1) is 9.65. The molecule has 0 spiro atoms. The lowest BCUT2D eigenvalue weighted by molar-refractivity contribution is 0.187. The highest BCUT2D eigenvalue weighted by molar-refractivity contribution is 9.10. The Morgan fingerprint density at radius 2 is 2.10 bits per heavy atom. The van der Waals surface area contributed by atoms with Crippen molar-refractivity contribution in [2.24, 2.45) is 5.73 Å². The van der Waals surface area contributed by atoms with E-state index in [1.54, 1.807) is 0 Å². The maximum absolute atomic E-state index is 6.29. The van der Waals surface area contributed by atoms with Gasteiger partial charge in [-0.15, -0.1) is 11.3 Å². The van der Waals surface area contributed by atoms with E-state index < -0.39 is 0 Å². The van der Waals surface area contributed by atoms with Gasteiger partial charge in [-0.1, -0.05) is 0 Å². The molecule has 0 radical (unpaired) electrons. The second kappa shape index (κ2) is 6.44. The zero-order chi connectivity index (χ0) is 14.1. The Morgan fingerprint density at radius 1 is 1.35 bits per heavy atom. The van der Waals surface area contributed by atoms with Crippen molar-refractivity contribution in [3.8, 4) is 0 Å². The van der Waals surface area contributed by atoms with E-state index in [4.69, 9.17) is 5.73 Å². The molecule has 20 heavy (non-hydrogen) atoms. The number of hydrogen-bond donors (Lipinski definition) is 1. The van der Waals surface area contributed by atoms with Crippen molar-refractivity contribution in [3.05, 3.63) is 20.8 Å². The van der Waals surface area contributed by atoms with Crippen LogP contribution in [0.3, 0.4) is 0 Å². The van der Waals surface area contributed by atoms with Gasteiger partial charge in [0.15, 0.2) is 0 Å². The number of halogens is 1. The van der Waals surface area contributed by atoms with Gasteiger partial charge in [0.2, 0.25) is 0 Å². The van der Waals surface area contributed by atoms with Crippen LogP contribution in [0.5, 0.6) is 0 Å². The maximum Gasteiger partial charge on any atom is 0.0591 e. The molecule has 1 aromatic heterocycles. The van der Waals surface area contributed by atoms with Gasteiger partial charge in [0.1, 0.15) is 0 Å². The number of likely N-dealkylation sites (tertiary alicyclic amines) is 2. The molecule has 5 heteroatoms. The van der Waals surface area contributed by atoms with Crippen LogP contribution < -0.4 is 5.73 Å². The number of rotatable bonds is 4. The molecule has 1 aromatic rings. The van der Waals surface area contributed by atoms with Gasteiger partial charge in [-0.3, -0.25) is 9.80 Å². The van der Waals surface area contributed by atoms with Crippen LogP contribution in [-0.2, 0) is 0 Å². The lowest BCUT2D eigenvalue weighted by atomic mass is 10.1. The number of nitrogens with two attached hydrogens (primary N) is 1. The first-order valence-electron chi connectivity index (χ1n) is 7.63. The summed E-state index contributed by atoms with van der Waals surface area (Å²) in [6.07, 6.45) is 4.06. The molecule has 2 N–H and O–H groups in total. The van der Waals surface area contributed by atoms with Crippen molar-refractivity contribution < 1.29 is 0 Å². The van der Waals surface area contributed by atoms with E-state index in [-0.39, 0.29) is 6.04 Å². The smallest absolute Gasteiger partial charge is 0.0591 e. The molecule has 0 bridgehead atoms. The van der Waals surface area contributed by atoms with Gasteiger partial charge in [-0.25, -0.2) is 0 Å². The highest BCUT2D eigenvalue weighted by Crippen LogP contribution is 2.34. The van der Waals surface area contributed by atoms with Crippen LogP contribution >= 0.6 is 27.3 Å². The average Bonchev–Trinajstić information content (AvgIpc) is 3.09. The summed E-state index contributed by atoms with van der Waals surface area (Å²) in [4.78, 5) is 6.68. The molecule has 0 saturated carbocycles. The van der Waals surface area contributed by atoms with Crippen LogP contribution in [0.15, 0.2) is 15.9 Å². The summed E-state index contributed by atoms with van der Waals surface area (Å²) in [5.74, 6) is 0. The third-order valence-corrected chi connectivity index (χ3v) is 6.39. The summed E-state index contributed by atoms with van der Waals surface area (Å²) < 4.78 is 1.18. The van der Waals surface area contributed by atoms with Gasteiger partial charge in [0.25, 0.3) is 0 Å². The predicted octanol–water partition coefficient (Wildman–Crippen LogP) is 3.07. The van der Waals surface area contributed by atoms with Crippen molar-refractivity contribution in [1.82, 2.24) is 9.80 Å². The van der Waals surface area contributed by atoms with Crippen molar-refractivity contribution in [2.75, 3.05) is 26.2 Å². The second-order valence-electron chi connectivity index (χ2n) is 6.15. The van der Waals surface area contributed by atoms with E-state index >= 15 is 0 Å². The Hall–Kier alpha value is 0.0600. The number of hydrogen-bond acceptors (Lipinski definition) is 4. The molecule has 2 aliphatic rings. The van der Waals surface area contributed by atoms with E-state index in [2.05, 4.69) is 44.1 Å². The minimum Gasteiger partial charge on any atom is -0.326 e. The van der Waals surface area contributed by atoms with Crippen molar-refractivity contribution in [1.29, 1.82) is 0 Å². The number of nitrogens with zero attached hydrogens (tertiary/aromatic N) is 2. The van der Waals surface area contributed by atoms with Crippen LogP contribution in [0.1, 0.15) is 37.1 Å². The predicted molar refractivity (Wildman–Crippen MR) is 89.2 cm³/mol. The molecule has 3 unspecified atom stereocenters. The first-order valence-corrected chi connectivity index (χ1v) is 9.30. The third kappa shape index (κ3) is 3.12. The SMILES string of the molecule is CC(N)C(c1cc(Br)cs1)N1CCC(N2CCCC2)C1. The summed E-state index contributed by atoms with van der Waals surface area (Å²) in [5, 5.41) is 2.17. The molecular formula is C15H24BrN3S. The Kier molecular flexibility index (Phi) is 4.82. The summed E-state index contributed by atoms with van der Waals surface area (Å²) in [7, 11) is 0. The van der Waals surface area contributed by atoms with E-state index in [1.165, 1.54) is 54.8 Å². The second-order valence-corrected chi connectivity index (χ2v) is 8.01. The molecule has 2 fully saturated rings. The standard InChI is InChI=1S/C15H24BrN3S/c1-11(17)15(14-8-12(16)10-20-14)19-7-4-13(9-19)18-5-2-3-6-18/h8,10-11,13,15H,2-7,9,17H2,1H3. The molecule has 2 saturated heterocycles. The molecular weight excluding hydrogens is 334 g/mol. The fourth-order valence-corrected chi connectivity index (χ4v) is 5.37. The zero-order valence-electron chi connectivity index (χ0n) is 12.1. The minimum absolute atomic E-state index is 0.179. The zero-order valence-corrected chi connectivity index (χ0v) is 14.5. The summed E-state index contributed by atoms with van der Waals surface area (Å²) in [6, 6.07) is 3.54. The molecule has 0 aromatic carbocycles. The highest BCUT2D eigenvalue weighted by Gasteiger charge is 2.35. The molecule has 0 aliphatic carbocycles. The van der Waals surface area contributed by atoms with E-state index in [1.807, 2.05) is 11.3 Å². The van der Waals surface area contributed by atoms with Gasteiger partial charge >= 0.3 is 0 Å².